The first kappa shape index (κ1) is 16.3. The van der Waals surface area contributed by atoms with Crippen LogP contribution in [-0.4, -0.2) is 25.5 Å². The summed E-state index contributed by atoms with van der Waals surface area (Å²) < 4.78 is 1.07. The zero-order valence-corrected chi connectivity index (χ0v) is 14.5. The second kappa shape index (κ2) is 6.79. The van der Waals surface area contributed by atoms with Crippen molar-refractivity contribution in [2.45, 2.75) is 38.8 Å². The molecule has 21 heavy (non-hydrogen) atoms. The zero-order chi connectivity index (χ0) is 15.6. The number of carbonyl (C=O) groups excluding carboxylic acids is 1. The number of benzene rings is 1. The molecule has 1 fully saturated rings. The van der Waals surface area contributed by atoms with Crippen LogP contribution >= 0.6 is 15.9 Å². The van der Waals surface area contributed by atoms with E-state index in [0.29, 0.717) is 12.6 Å². The first-order valence-corrected chi connectivity index (χ1v) is 8.26. The van der Waals surface area contributed by atoms with Crippen LogP contribution in [0.15, 0.2) is 22.7 Å². The molecule has 1 saturated heterocycles. The van der Waals surface area contributed by atoms with Gasteiger partial charge in [0.1, 0.15) is 0 Å². The Labute approximate surface area is 135 Å². The Kier molecular flexibility index (Phi) is 5.27. The van der Waals surface area contributed by atoms with Crippen molar-refractivity contribution in [3.8, 4) is 0 Å². The van der Waals surface area contributed by atoms with Crippen LogP contribution in [0.2, 0.25) is 0 Å². The van der Waals surface area contributed by atoms with Crippen LogP contribution in [0.1, 0.15) is 38.3 Å². The van der Waals surface area contributed by atoms with E-state index < -0.39 is 0 Å². The molecule has 1 heterocycles. The minimum absolute atomic E-state index is 0.0532. The highest BCUT2D eigenvalue weighted by Gasteiger charge is 2.30. The number of piperidine rings is 1. The van der Waals surface area contributed by atoms with Crippen molar-refractivity contribution >= 4 is 27.5 Å². The van der Waals surface area contributed by atoms with Gasteiger partial charge in [-0.2, -0.15) is 0 Å². The van der Waals surface area contributed by atoms with E-state index in [9.17, 15) is 4.79 Å². The number of amides is 1. The predicted octanol–water partition coefficient (Wildman–Crippen LogP) is 2.82. The van der Waals surface area contributed by atoms with E-state index in [-0.39, 0.29) is 17.9 Å². The second-order valence-corrected chi connectivity index (χ2v) is 6.81. The number of hydrogen-bond acceptors (Lipinski definition) is 3. The smallest absolute Gasteiger partial charge is 0.222 e. The van der Waals surface area contributed by atoms with E-state index in [1.807, 2.05) is 7.05 Å². The molecule has 3 N–H and O–H groups in total. The summed E-state index contributed by atoms with van der Waals surface area (Å²) in [5.41, 5.74) is 7.95. The summed E-state index contributed by atoms with van der Waals surface area (Å²) in [6.45, 7) is 5.07. The van der Waals surface area contributed by atoms with E-state index in [1.54, 1.807) is 0 Å². The molecule has 1 aromatic carbocycles. The lowest BCUT2D eigenvalue weighted by Crippen LogP contribution is -2.46. The third-order valence-corrected chi connectivity index (χ3v) is 4.98. The van der Waals surface area contributed by atoms with Crippen LogP contribution in [0.5, 0.6) is 0 Å². The van der Waals surface area contributed by atoms with Gasteiger partial charge in [0.25, 0.3) is 0 Å². The van der Waals surface area contributed by atoms with Crippen LogP contribution < -0.4 is 16.0 Å². The van der Waals surface area contributed by atoms with Crippen LogP contribution in [-0.2, 0) is 4.79 Å². The van der Waals surface area contributed by atoms with Gasteiger partial charge in [0.15, 0.2) is 0 Å². The van der Waals surface area contributed by atoms with Gasteiger partial charge in [0, 0.05) is 28.8 Å². The largest absolute Gasteiger partial charge is 0.369 e. The third kappa shape index (κ3) is 3.58. The summed E-state index contributed by atoms with van der Waals surface area (Å²) in [7, 11) is 1.96. The molecule has 1 aromatic rings. The Morgan fingerprint density at radius 1 is 1.48 bits per heavy atom. The van der Waals surface area contributed by atoms with Crippen LogP contribution in [0, 0.1) is 5.92 Å². The number of hydrogen-bond donors (Lipinski definition) is 2. The lowest BCUT2D eigenvalue weighted by molar-refractivity contribution is -0.122. The van der Waals surface area contributed by atoms with Gasteiger partial charge in [-0.15, -0.1) is 0 Å². The van der Waals surface area contributed by atoms with Gasteiger partial charge < -0.3 is 16.0 Å². The summed E-state index contributed by atoms with van der Waals surface area (Å²) in [5.74, 6) is -0.241. The van der Waals surface area contributed by atoms with Crippen LogP contribution in [0.25, 0.3) is 0 Å². The number of carbonyl (C=O) groups is 1. The van der Waals surface area contributed by atoms with Crippen LogP contribution in [0.4, 0.5) is 5.69 Å². The summed E-state index contributed by atoms with van der Waals surface area (Å²) in [4.78, 5) is 13.9. The standard InChI is InChI=1S/C16H24BrN3O/c1-10-4-5-12(16(18)21)9-20(10)15-7-6-13(17)8-14(15)11(2)19-3/h6-8,10-12,19H,4-5,9H2,1-3H3,(H2,18,21). The first-order chi connectivity index (χ1) is 9.93. The summed E-state index contributed by atoms with van der Waals surface area (Å²) in [6, 6.07) is 7.01. The van der Waals surface area contributed by atoms with Crippen molar-refractivity contribution < 1.29 is 4.79 Å². The number of anilines is 1. The Morgan fingerprint density at radius 3 is 2.81 bits per heavy atom. The van der Waals surface area contributed by atoms with E-state index in [0.717, 1.165) is 17.3 Å². The van der Waals surface area contributed by atoms with Crippen molar-refractivity contribution in [1.82, 2.24) is 5.32 Å². The molecule has 5 heteroatoms. The lowest BCUT2D eigenvalue weighted by Gasteiger charge is -2.40. The van der Waals surface area contributed by atoms with E-state index >= 15 is 0 Å². The topological polar surface area (TPSA) is 58.4 Å². The minimum Gasteiger partial charge on any atom is -0.369 e. The molecule has 0 saturated carbocycles. The first-order valence-electron chi connectivity index (χ1n) is 7.46. The van der Waals surface area contributed by atoms with E-state index in [4.69, 9.17) is 5.73 Å². The van der Waals surface area contributed by atoms with Gasteiger partial charge >= 0.3 is 0 Å². The predicted molar refractivity (Wildman–Crippen MR) is 90.3 cm³/mol. The summed E-state index contributed by atoms with van der Waals surface area (Å²) >= 11 is 3.55. The monoisotopic (exact) mass is 353 g/mol. The third-order valence-electron chi connectivity index (χ3n) is 4.48. The fraction of sp³-hybridized carbons (Fsp3) is 0.562. The maximum absolute atomic E-state index is 11.5. The zero-order valence-electron chi connectivity index (χ0n) is 12.9. The van der Waals surface area contributed by atoms with Gasteiger partial charge in [0.2, 0.25) is 5.91 Å². The van der Waals surface area contributed by atoms with E-state index in [2.05, 4.69) is 58.2 Å². The Hall–Kier alpha value is -1.07. The summed E-state index contributed by atoms with van der Waals surface area (Å²) in [5, 5.41) is 3.30. The molecule has 4 nitrogen and oxygen atoms in total. The Morgan fingerprint density at radius 2 is 2.19 bits per heavy atom. The van der Waals surface area contributed by atoms with Crippen molar-refractivity contribution in [3.63, 3.8) is 0 Å². The molecule has 3 unspecified atom stereocenters. The van der Waals surface area contributed by atoms with Gasteiger partial charge in [-0.1, -0.05) is 15.9 Å². The minimum atomic E-state index is -0.188. The average molecular weight is 354 g/mol. The fourth-order valence-electron chi connectivity index (χ4n) is 2.96. The SMILES string of the molecule is CNC(C)c1cc(Br)ccc1N1CC(C(N)=O)CCC1C. The average Bonchev–Trinajstić information content (AvgIpc) is 2.47. The maximum atomic E-state index is 11.5. The molecule has 1 aliphatic rings. The number of nitrogens with two attached hydrogens (primary N) is 1. The maximum Gasteiger partial charge on any atom is 0.222 e. The second-order valence-electron chi connectivity index (χ2n) is 5.89. The number of primary amides is 1. The van der Waals surface area contributed by atoms with Crippen molar-refractivity contribution in [3.05, 3.63) is 28.2 Å². The molecule has 0 radical (unpaired) electrons. The molecule has 0 spiro atoms. The fourth-order valence-corrected chi connectivity index (χ4v) is 3.34. The van der Waals surface area contributed by atoms with Crippen LogP contribution in [0.3, 0.4) is 0 Å². The molecule has 1 aliphatic heterocycles. The van der Waals surface area contributed by atoms with Crippen molar-refractivity contribution in [2.75, 3.05) is 18.5 Å². The molecule has 0 aliphatic carbocycles. The molecule has 3 atom stereocenters. The molecular weight excluding hydrogens is 330 g/mol. The van der Waals surface area contributed by atoms with Crippen molar-refractivity contribution in [2.24, 2.45) is 11.7 Å². The highest BCUT2D eigenvalue weighted by atomic mass is 79.9. The lowest BCUT2D eigenvalue weighted by atomic mass is 9.91. The Bertz CT molecular complexity index is 520. The Balaban J connectivity index is 2.37. The highest BCUT2D eigenvalue weighted by molar-refractivity contribution is 9.10. The number of nitrogens with one attached hydrogen (secondary N) is 1. The number of rotatable bonds is 4. The van der Waals surface area contributed by atoms with E-state index in [1.165, 1.54) is 11.3 Å². The molecule has 1 amide bonds. The quantitative estimate of drug-likeness (QED) is 0.874. The highest BCUT2D eigenvalue weighted by Crippen LogP contribution is 2.34. The molecule has 116 valence electrons. The van der Waals surface area contributed by atoms with Crippen molar-refractivity contribution in [1.29, 1.82) is 0 Å². The van der Waals surface area contributed by atoms with Gasteiger partial charge in [-0.3, -0.25) is 4.79 Å². The molecular formula is C16H24BrN3O. The molecule has 0 bridgehead atoms. The van der Waals surface area contributed by atoms with Gasteiger partial charge in [0.05, 0.1) is 5.92 Å². The number of nitrogens with zero attached hydrogens (tertiary/aromatic N) is 1. The van der Waals surface area contributed by atoms with Gasteiger partial charge in [-0.25, -0.2) is 0 Å². The molecule has 2 rings (SSSR count). The normalized spacial score (nSPS) is 23.9. The van der Waals surface area contributed by atoms with Gasteiger partial charge in [-0.05, 0) is 57.5 Å². The molecule has 0 aromatic heterocycles. The summed E-state index contributed by atoms with van der Waals surface area (Å²) in [6.07, 6.45) is 1.89. The number of halogens is 1.